The third-order valence-corrected chi connectivity index (χ3v) is 4.39. The number of rotatable bonds is 2. The number of morpholine rings is 1. The van der Waals surface area contributed by atoms with Gasteiger partial charge in [0.25, 0.3) is 5.91 Å². The van der Waals surface area contributed by atoms with Crippen molar-refractivity contribution >= 4 is 11.8 Å². The Morgan fingerprint density at radius 2 is 1.96 bits per heavy atom. The van der Waals surface area contributed by atoms with Gasteiger partial charge in [-0.2, -0.15) is 0 Å². The van der Waals surface area contributed by atoms with E-state index in [-0.39, 0.29) is 17.9 Å². The first-order valence-corrected chi connectivity index (χ1v) is 8.30. The molecule has 1 unspecified atom stereocenters. The lowest BCUT2D eigenvalue weighted by molar-refractivity contribution is -0.136. The van der Waals surface area contributed by atoms with Gasteiger partial charge in [0.2, 0.25) is 5.91 Å². The largest absolute Gasteiger partial charge is 0.378 e. The summed E-state index contributed by atoms with van der Waals surface area (Å²) >= 11 is 0. The molecule has 2 aliphatic heterocycles. The normalized spacial score (nSPS) is 22.1. The van der Waals surface area contributed by atoms with Crippen molar-refractivity contribution in [2.24, 2.45) is 0 Å². The van der Waals surface area contributed by atoms with Crippen LogP contribution in [0.5, 0.6) is 0 Å². The second-order valence-corrected chi connectivity index (χ2v) is 6.06. The summed E-state index contributed by atoms with van der Waals surface area (Å²) in [7, 11) is 0. The summed E-state index contributed by atoms with van der Waals surface area (Å²) in [5.74, 6) is -0.589. The minimum atomic E-state index is -0.421. The highest BCUT2D eigenvalue weighted by Crippen LogP contribution is 2.12. The molecule has 130 valence electrons. The van der Waals surface area contributed by atoms with Crippen LogP contribution < -0.4 is 5.32 Å². The van der Waals surface area contributed by atoms with Crippen molar-refractivity contribution in [2.75, 3.05) is 45.9 Å². The topological polar surface area (TPSA) is 61.9 Å². The number of carbonyl (C=O) groups excluding carboxylic acids is 2. The summed E-state index contributed by atoms with van der Waals surface area (Å²) in [5.41, 5.74) is 0.345. The first-order valence-electron chi connectivity index (χ1n) is 8.30. The highest BCUT2D eigenvalue weighted by molar-refractivity contribution is 5.94. The van der Waals surface area contributed by atoms with Gasteiger partial charge in [-0.05, 0) is 24.6 Å². The zero-order valence-electron chi connectivity index (χ0n) is 13.5. The third kappa shape index (κ3) is 3.91. The van der Waals surface area contributed by atoms with E-state index in [1.54, 1.807) is 15.9 Å². The van der Waals surface area contributed by atoms with Crippen LogP contribution in [0.2, 0.25) is 0 Å². The zero-order valence-corrected chi connectivity index (χ0v) is 13.5. The summed E-state index contributed by atoms with van der Waals surface area (Å²) < 4.78 is 18.6. The Labute approximate surface area is 140 Å². The van der Waals surface area contributed by atoms with Crippen LogP contribution >= 0.6 is 0 Å². The molecule has 1 atom stereocenters. The molecule has 6 nitrogen and oxygen atoms in total. The molecule has 1 aromatic rings. The number of benzene rings is 1. The predicted octanol–water partition coefficient (Wildman–Crippen LogP) is 0.489. The standard InChI is InChI=1S/C17H22FN3O3/c18-14-4-1-3-13(11-14)16(22)20-6-2-7-21(9-8-20)17(23)15-12-24-10-5-19-15/h1,3-4,11,15,19H,2,5-10,12H2. The van der Waals surface area contributed by atoms with Gasteiger partial charge in [0, 0.05) is 38.3 Å². The third-order valence-electron chi connectivity index (χ3n) is 4.39. The van der Waals surface area contributed by atoms with Gasteiger partial charge in [0.05, 0.1) is 13.2 Å². The Balaban J connectivity index is 1.60. The maximum absolute atomic E-state index is 13.3. The summed E-state index contributed by atoms with van der Waals surface area (Å²) in [4.78, 5) is 28.5. The highest BCUT2D eigenvalue weighted by atomic mass is 19.1. The van der Waals surface area contributed by atoms with E-state index >= 15 is 0 Å². The first-order chi connectivity index (χ1) is 11.6. The minimum Gasteiger partial charge on any atom is -0.378 e. The second kappa shape index (κ2) is 7.72. The number of carbonyl (C=O) groups is 2. The van der Waals surface area contributed by atoms with E-state index in [2.05, 4.69) is 5.32 Å². The summed E-state index contributed by atoms with van der Waals surface area (Å²) in [5, 5.41) is 3.16. The van der Waals surface area contributed by atoms with Crippen molar-refractivity contribution in [3.05, 3.63) is 35.6 Å². The Morgan fingerprint density at radius 1 is 1.17 bits per heavy atom. The molecule has 0 saturated carbocycles. The van der Waals surface area contributed by atoms with E-state index in [0.717, 1.165) is 0 Å². The molecule has 0 aliphatic carbocycles. The Morgan fingerprint density at radius 3 is 2.71 bits per heavy atom. The van der Waals surface area contributed by atoms with E-state index in [4.69, 9.17) is 4.74 Å². The fourth-order valence-electron chi connectivity index (χ4n) is 3.09. The Hall–Kier alpha value is -1.99. The van der Waals surface area contributed by atoms with Crippen molar-refractivity contribution in [1.29, 1.82) is 0 Å². The summed E-state index contributed by atoms with van der Waals surface area (Å²) in [6, 6.07) is 5.41. The number of nitrogens with zero attached hydrogens (tertiary/aromatic N) is 2. The van der Waals surface area contributed by atoms with Gasteiger partial charge in [0.1, 0.15) is 11.9 Å². The van der Waals surface area contributed by atoms with Crippen LogP contribution in [0.3, 0.4) is 0 Å². The maximum atomic E-state index is 13.3. The molecule has 2 saturated heterocycles. The average Bonchev–Trinajstić information content (AvgIpc) is 2.87. The molecule has 24 heavy (non-hydrogen) atoms. The van der Waals surface area contributed by atoms with Gasteiger partial charge in [-0.1, -0.05) is 6.07 Å². The SMILES string of the molecule is O=C(c1cccc(F)c1)N1CCCN(C(=O)C2COCCN2)CC1. The van der Waals surface area contributed by atoms with Crippen molar-refractivity contribution < 1.29 is 18.7 Å². The van der Waals surface area contributed by atoms with Crippen LogP contribution in [-0.2, 0) is 9.53 Å². The van der Waals surface area contributed by atoms with E-state index in [0.29, 0.717) is 57.9 Å². The molecule has 7 heteroatoms. The van der Waals surface area contributed by atoms with E-state index in [1.807, 2.05) is 0 Å². The number of nitrogens with one attached hydrogen (secondary N) is 1. The quantitative estimate of drug-likeness (QED) is 0.854. The molecule has 1 N–H and O–H groups in total. The monoisotopic (exact) mass is 335 g/mol. The van der Waals surface area contributed by atoms with Crippen molar-refractivity contribution in [2.45, 2.75) is 12.5 Å². The first kappa shape index (κ1) is 16.9. The Kier molecular flexibility index (Phi) is 5.42. The molecule has 2 heterocycles. The van der Waals surface area contributed by atoms with Crippen molar-refractivity contribution in [3.63, 3.8) is 0 Å². The summed E-state index contributed by atoms with van der Waals surface area (Å²) in [6.07, 6.45) is 0.709. The highest BCUT2D eigenvalue weighted by Gasteiger charge is 2.28. The lowest BCUT2D eigenvalue weighted by atomic mass is 10.2. The molecular weight excluding hydrogens is 313 g/mol. The number of halogens is 1. The second-order valence-electron chi connectivity index (χ2n) is 6.06. The molecule has 2 amide bonds. The molecule has 3 rings (SSSR count). The van der Waals surface area contributed by atoms with Crippen LogP contribution in [0, 0.1) is 5.82 Å². The average molecular weight is 335 g/mol. The fourth-order valence-corrected chi connectivity index (χ4v) is 3.09. The fraction of sp³-hybridized carbons (Fsp3) is 0.529. The smallest absolute Gasteiger partial charge is 0.254 e. The maximum Gasteiger partial charge on any atom is 0.254 e. The van der Waals surface area contributed by atoms with Gasteiger partial charge in [-0.15, -0.1) is 0 Å². The van der Waals surface area contributed by atoms with Crippen LogP contribution in [0.4, 0.5) is 4.39 Å². The number of amides is 2. The zero-order chi connectivity index (χ0) is 16.9. The molecule has 1 aromatic carbocycles. The van der Waals surface area contributed by atoms with Crippen LogP contribution in [-0.4, -0.2) is 73.6 Å². The van der Waals surface area contributed by atoms with Crippen LogP contribution in [0.1, 0.15) is 16.8 Å². The molecular formula is C17H22FN3O3. The Bertz CT molecular complexity index is 604. The summed E-state index contributed by atoms with van der Waals surface area (Å²) in [6.45, 7) is 3.81. The predicted molar refractivity (Wildman–Crippen MR) is 86.1 cm³/mol. The van der Waals surface area contributed by atoms with Crippen LogP contribution in [0.15, 0.2) is 24.3 Å². The number of ether oxygens (including phenoxy) is 1. The lowest BCUT2D eigenvalue weighted by Gasteiger charge is -2.29. The van der Waals surface area contributed by atoms with Gasteiger partial charge in [-0.3, -0.25) is 9.59 Å². The van der Waals surface area contributed by atoms with Gasteiger partial charge >= 0.3 is 0 Å². The van der Waals surface area contributed by atoms with Crippen molar-refractivity contribution in [1.82, 2.24) is 15.1 Å². The molecule has 0 radical (unpaired) electrons. The lowest BCUT2D eigenvalue weighted by Crippen LogP contribution is -2.53. The molecule has 2 aliphatic rings. The van der Waals surface area contributed by atoms with E-state index in [9.17, 15) is 14.0 Å². The van der Waals surface area contributed by atoms with E-state index < -0.39 is 5.82 Å². The minimum absolute atomic E-state index is 0.0229. The van der Waals surface area contributed by atoms with Crippen molar-refractivity contribution in [3.8, 4) is 0 Å². The van der Waals surface area contributed by atoms with Gasteiger partial charge in [-0.25, -0.2) is 4.39 Å². The number of hydrogen-bond acceptors (Lipinski definition) is 4. The molecule has 0 spiro atoms. The van der Waals surface area contributed by atoms with E-state index in [1.165, 1.54) is 18.2 Å². The molecule has 0 aromatic heterocycles. The van der Waals surface area contributed by atoms with Gasteiger partial charge < -0.3 is 19.9 Å². The number of hydrogen-bond donors (Lipinski definition) is 1. The molecule has 0 bridgehead atoms. The van der Waals surface area contributed by atoms with Crippen LogP contribution in [0.25, 0.3) is 0 Å². The molecule has 2 fully saturated rings. The van der Waals surface area contributed by atoms with Gasteiger partial charge in [0.15, 0.2) is 0 Å².